The number of aliphatic carboxylic acids is 1. The van der Waals surface area contributed by atoms with E-state index >= 15 is 0 Å². The van der Waals surface area contributed by atoms with E-state index in [1.807, 2.05) is 0 Å². The van der Waals surface area contributed by atoms with Gasteiger partial charge in [0.1, 0.15) is 12.4 Å². The molecule has 0 fully saturated rings. The Hall–Kier alpha value is -3.92. The van der Waals surface area contributed by atoms with Crippen molar-refractivity contribution in [3.63, 3.8) is 0 Å². The number of nitrogens with zero attached hydrogens (tertiary/aromatic N) is 2. The van der Waals surface area contributed by atoms with Gasteiger partial charge in [0, 0.05) is 24.2 Å². The maximum absolute atomic E-state index is 13.3. The molecule has 172 valence electrons. The second-order valence-corrected chi connectivity index (χ2v) is 7.98. The van der Waals surface area contributed by atoms with Crippen molar-refractivity contribution in [2.45, 2.75) is 19.4 Å². The van der Waals surface area contributed by atoms with Gasteiger partial charge in [0.25, 0.3) is 11.8 Å². The van der Waals surface area contributed by atoms with Gasteiger partial charge in [-0.25, -0.2) is 0 Å². The van der Waals surface area contributed by atoms with E-state index in [0.29, 0.717) is 5.56 Å². The molecule has 0 aromatic heterocycles. The number of carboxylic acid groups (broad SMARTS) is 1. The standard InChI is InChI=1S/C22H22ClN5O5/c1-11(9-17(30)31)28-10-16(29)27(2)15-8-7-14(19(23)18(15)22(28)33)26-21(32)13-5-3-12(4-6-13)20(24)25/h3-8,11H,9-10H2,1-2H3,(H3,24,25)(H,26,32)(H,30,31). The molecule has 2 aromatic carbocycles. The molecule has 3 rings (SSSR count). The number of anilines is 2. The number of fused-ring (bicyclic) bond motifs is 1. The summed E-state index contributed by atoms with van der Waals surface area (Å²) in [7, 11) is 1.49. The number of benzene rings is 2. The van der Waals surface area contributed by atoms with Gasteiger partial charge in [-0.1, -0.05) is 23.7 Å². The quantitative estimate of drug-likeness (QED) is 0.373. The number of hydrogen-bond acceptors (Lipinski definition) is 5. The fourth-order valence-corrected chi connectivity index (χ4v) is 3.75. The zero-order valence-corrected chi connectivity index (χ0v) is 18.6. The number of carbonyl (C=O) groups excluding carboxylic acids is 3. The molecule has 33 heavy (non-hydrogen) atoms. The Bertz CT molecular complexity index is 1160. The molecule has 0 saturated carbocycles. The lowest BCUT2D eigenvalue weighted by Gasteiger charge is -2.26. The normalized spacial score (nSPS) is 14.4. The minimum atomic E-state index is -1.11. The second kappa shape index (κ2) is 9.29. The topological polar surface area (TPSA) is 157 Å². The average molecular weight is 472 g/mol. The van der Waals surface area contributed by atoms with Crippen LogP contribution in [0.2, 0.25) is 5.02 Å². The van der Waals surface area contributed by atoms with Gasteiger partial charge in [-0.15, -0.1) is 0 Å². The van der Waals surface area contributed by atoms with Crippen LogP contribution in [0.15, 0.2) is 36.4 Å². The zero-order valence-electron chi connectivity index (χ0n) is 17.9. The van der Waals surface area contributed by atoms with Crippen LogP contribution < -0.4 is 16.0 Å². The fraction of sp³-hybridized carbons (Fsp3) is 0.227. The first-order chi connectivity index (χ1) is 15.5. The molecule has 2 aromatic rings. The van der Waals surface area contributed by atoms with Crippen LogP contribution in [0, 0.1) is 5.41 Å². The Kier molecular flexibility index (Phi) is 6.68. The summed E-state index contributed by atoms with van der Waals surface area (Å²) in [5.74, 6) is -2.76. The Labute approximate surface area is 194 Å². The van der Waals surface area contributed by atoms with Gasteiger partial charge in [0.15, 0.2) is 0 Å². The number of halogens is 1. The average Bonchev–Trinajstić information content (AvgIpc) is 2.85. The number of nitrogen functional groups attached to an aromatic ring is 1. The molecule has 11 heteroatoms. The summed E-state index contributed by atoms with van der Waals surface area (Å²) in [5, 5.41) is 19.1. The van der Waals surface area contributed by atoms with Crippen molar-refractivity contribution in [3.05, 3.63) is 58.1 Å². The SMILES string of the molecule is CC(CC(=O)O)N1CC(=O)N(C)c2ccc(NC(=O)c3ccc(C(=N)N)cc3)c(Cl)c2C1=O. The largest absolute Gasteiger partial charge is 0.481 e. The van der Waals surface area contributed by atoms with Crippen LogP contribution in [0.25, 0.3) is 0 Å². The third-order valence-electron chi connectivity index (χ3n) is 5.34. The van der Waals surface area contributed by atoms with Crippen molar-refractivity contribution in [3.8, 4) is 0 Å². The molecule has 0 spiro atoms. The van der Waals surface area contributed by atoms with Gasteiger partial charge < -0.3 is 26.0 Å². The smallest absolute Gasteiger partial charge is 0.305 e. The van der Waals surface area contributed by atoms with E-state index in [1.54, 1.807) is 0 Å². The van der Waals surface area contributed by atoms with E-state index < -0.39 is 29.7 Å². The Balaban J connectivity index is 1.97. The highest BCUT2D eigenvalue weighted by Crippen LogP contribution is 2.37. The Morgan fingerprint density at radius 1 is 1.18 bits per heavy atom. The summed E-state index contributed by atoms with van der Waals surface area (Å²) in [4.78, 5) is 52.2. The third-order valence-corrected chi connectivity index (χ3v) is 5.74. The Morgan fingerprint density at radius 2 is 1.79 bits per heavy atom. The van der Waals surface area contributed by atoms with Crippen LogP contribution >= 0.6 is 11.6 Å². The molecule has 3 amide bonds. The summed E-state index contributed by atoms with van der Waals surface area (Å²) >= 11 is 6.52. The minimum absolute atomic E-state index is 0.00742. The highest BCUT2D eigenvalue weighted by molar-refractivity contribution is 6.38. The molecule has 1 heterocycles. The van der Waals surface area contributed by atoms with Gasteiger partial charge in [0.05, 0.1) is 28.4 Å². The number of hydrogen-bond donors (Lipinski definition) is 4. The summed E-state index contributed by atoms with van der Waals surface area (Å²) in [6.45, 7) is 1.23. The van der Waals surface area contributed by atoms with Crippen molar-refractivity contribution in [2.75, 3.05) is 23.8 Å². The molecule has 1 atom stereocenters. The molecule has 0 radical (unpaired) electrons. The summed E-state index contributed by atoms with van der Waals surface area (Å²) in [6.07, 6.45) is -0.345. The summed E-state index contributed by atoms with van der Waals surface area (Å²) in [5.41, 5.74) is 6.56. The lowest BCUT2D eigenvalue weighted by Crippen LogP contribution is -2.43. The molecule has 10 nitrogen and oxygen atoms in total. The van der Waals surface area contributed by atoms with Crippen molar-refractivity contribution >= 4 is 52.5 Å². The molecule has 1 unspecified atom stereocenters. The van der Waals surface area contributed by atoms with E-state index in [-0.39, 0.29) is 46.3 Å². The summed E-state index contributed by atoms with van der Waals surface area (Å²) < 4.78 is 0. The number of nitrogens with two attached hydrogens (primary N) is 1. The van der Waals surface area contributed by atoms with E-state index in [4.69, 9.17) is 27.9 Å². The number of likely N-dealkylation sites (N-methyl/N-ethyl adjacent to an activating group) is 1. The highest BCUT2D eigenvalue weighted by Gasteiger charge is 2.35. The first-order valence-corrected chi connectivity index (χ1v) is 10.3. The molecule has 1 aliphatic rings. The fourth-order valence-electron chi connectivity index (χ4n) is 3.46. The lowest BCUT2D eigenvalue weighted by atomic mass is 10.1. The number of carbonyl (C=O) groups is 4. The maximum Gasteiger partial charge on any atom is 0.305 e. The zero-order chi connectivity index (χ0) is 24.4. The van der Waals surface area contributed by atoms with Crippen LogP contribution in [-0.4, -0.2) is 59.2 Å². The molecule has 1 aliphatic heterocycles. The monoisotopic (exact) mass is 471 g/mol. The molecule has 0 bridgehead atoms. The Morgan fingerprint density at radius 3 is 2.36 bits per heavy atom. The van der Waals surface area contributed by atoms with Gasteiger partial charge in [-0.2, -0.15) is 0 Å². The van der Waals surface area contributed by atoms with Crippen molar-refractivity contribution in [2.24, 2.45) is 5.73 Å². The highest BCUT2D eigenvalue weighted by atomic mass is 35.5. The van der Waals surface area contributed by atoms with Gasteiger partial charge >= 0.3 is 5.97 Å². The number of nitrogens with one attached hydrogen (secondary N) is 2. The van der Waals surface area contributed by atoms with Crippen molar-refractivity contribution in [1.29, 1.82) is 5.41 Å². The first-order valence-electron chi connectivity index (χ1n) is 9.88. The van der Waals surface area contributed by atoms with E-state index in [1.165, 1.54) is 55.3 Å². The number of amides is 3. The van der Waals surface area contributed by atoms with Crippen molar-refractivity contribution < 1.29 is 24.3 Å². The van der Waals surface area contributed by atoms with Crippen molar-refractivity contribution in [1.82, 2.24) is 4.90 Å². The second-order valence-electron chi connectivity index (χ2n) is 7.60. The van der Waals surface area contributed by atoms with E-state index in [0.717, 1.165) is 4.90 Å². The maximum atomic E-state index is 13.3. The molecule has 0 saturated heterocycles. The van der Waals surface area contributed by atoms with Crippen LogP contribution in [0.1, 0.15) is 39.6 Å². The third kappa shape index (κ3) is 4.80. The number of rotatable bonds is 6. The predicted octanol–water partition coefficient (Wildman–Crippen LogP) is 2.16. The number of amidine groups is 1. The first kappa shape index (κ1) is 23.7. The van der Waals surface area contributed by atoms with Gasteiger partial charge in [-0.05, 0) is 31.2 Å². The summed E-state index contributed by atoms with van der Waals surface area (Å²) in [6, 6.07) is 8.27. The minimum Gasteiger partial charge on any atom is -0.481 e. The predicted molar refractivity (Wildman–Crippen MR) is 123 cm³/mol. The van der Waals surface area contributed by atoms with E-state index in [9.17, 15) is 19.2 Å². The number of carboxylic acids is 1. The molecular weight excluding hydrogens is 450 g/mol. The molecular formula is C22H22ClN5O5. The van der Waals surface area contributed by atoms with Crippen LogP contribution in [0.3, 0.4) is 0 Å². The van der Waals surface area contributed by atoms with Gasteiger partial charge in [0.2, 0.25) is 5.91 Å². The van der Waals surface area contributed by atoms with Gasteiger partial charge in [-0.3, -0.25) is 24.6 Å². The van der Waals surface area contributed by atoms with E-state index in [2.05, 4.69) is 5.32 Å². The van der Waals surface area contributed by atoms with Crippen LogP contribution in [0.4, 0.5) is 11.4 Å². The molecule has 5 N–H and O–H groups in total. The van der Waals surface area contributed by atoms with Crippen LogP contribution in [-0.2, 0) is 9.59 Å². The lowest BCUT2D eigenvalue weighted by molar-refractivity contribution is -0.138. The van der Waals surface area contributed by atoms with Crippen LogP contribution in [0.5, 0.6) is 0 Å². The molecule has 0 aliphatic carbocycles.